The second kappa shape index (κ2) is 9.24. The van der Waals surface area contributed by atoms with Gasteiger partial charge in [-0.3, -0.25) is 0 Å². The van der Waals surface area contributed by atoms with Gasteiger partial charge in [-0.05, 0) is 0 Å². The van der Waals surface area contributed by atoms with Crippen molar-refractivity contribution in [2.24, 2.45) is 5.73 Å². The largest absolute Gasteiger partial charge is 0.465 e. The van der Waals surface area contributed by atoms with E-state index in [0.717, 1.165) is 19.6 Å². The minimum absolute atomic E-state index is 0.437. The van der Waals surface area contributed by atoms with Crippen molar-refractivity contribution in [3.05, 3.63) is 0 Å². The lowest BCUT2D eigenvalue weighted by atomic mass is 10.5. The number of amides is 1. The Bertz CT molecular complexity index is 132. The lowest BCUT2D eigenvalue weighted by Gasteiger charge is -2.05. The molecule has 0 aliphatic heterocycles. The predicted octanol–water partition coefficient (Wildman–Crippen LogP) is -1.61. The van der Waals surface area contributed by atoms with E-state index < -0.39 is 6.09 Å². The van der Waals surface area contributed by atoms with Crippen molar-refractivity contribution >= 4 is 6.09 Å². The summed E-state index contributed by atoms with van der Waals surface area (Å²) in [4.78, 5) is 10.0. The molecule has 0 aromatic heterocycles. The van der Waals surface area contributed by atoms with E-state index in [4.69, 9.17) is 10.8 Å². The molecule has 0 heterocycles. The molecule has 0 aromatic rings. The summed E-state index contributed by atoms with van der Waals surface area (Å²) in [6, 6.07) is 0. The molecular formula is C7H18N4O2. The molecule has 0 aliphatic rings. The lowest BCUT2D eigenvalue weighted by molar-refractivity contribution is 0.194. The maximum absolute atomic E-state index is 10.0. The summed E-state index contributed by atoms with van der Waals surface area (Å²) in [6.07, 6.45) is -0.983. The molecular weight excluding hydrogens is 172 g/mol. The van der Waals surface area contributed by atoms with E-state index in [1.165, 1.54) is 0 Å². The van der Waals surface area contributed by atoms with Crippen LogP contribution in [0.1, 0.15) is 0 Å². The van der Waals surface area contributed by atoms with Gasteiger partial charge in [0.1, 0.15) is 0 Å². The van der Waals surface area contributed by atoms with Crippen LogP contribution in [-0.4, -0.2) is 50.5 Å². The molecule has 0 atom stereocenters. The van der Waals surface area contributed by atoms with Gasteiger partial charge in [0.15, 0.2) is 0 Å². The van der Waals surface area contributed by atoms with E-state index in [9.17, 15) is 4.79 Å². The molecule has 0 fully saturated rings. The third kappa shape index (κ3) is 11.1. The fourth-order valence-corrected chi connectivity index (χ4v) is 0.787. The van der Waals surface area contributed by atoms with E-state index in [1.807, 2.05) is 0 Å². The Labute approximate surface area is 77.9 Å². The molecule has 0 radical (unpaired) electrons. The molecule has 0 rings (SSSR count). The zero-order valence-electron chi connectivity index (χ0n) is 7.68. The predicted molar refractivity (Wildman–Crippen MR) is 50.8 cm³/mol. The van der Waals surface area contributed by atoms with Gasteiger partial charge in [0.25, 0.3) is 0 Å². The molecule has 6 heteroatoms. The Morgan fingerprint density at radius 1 is 1.08 bits per heavy atom. The summed E-state index contributed by atoms with van der Waals surface area (Å²) in [7, 11) is 0. The van der Waals surface area contributed by atoms with Crippen molar-refractivity contribution in [3.8, 4) is 0 Å². The quantitative estimate of drug-likeness (QED) is 0.297. The Balaban J connectivity index is 2.87. The topological polar surface area (TPSA) is 99.4 Å². The SMILES string of the molecule is NCCNCCNCCNC(=O)O. The monoisotopic (exact) mass is 190 g/mol. The number of rotatable bonds is 8. The Morgan fingerprint density at radius 2 is 1.62 bits per heavy atom. The van der Waals surface area contributed by atoms with Gasteiger partial charge in [-0.1, -0.05) is 0 Å². The van der Waals surface area contributed by atoms with Crippen LogP contribution in [0.5, 0.6) is 0 Å². The van der Waals surface area contributed by atoms with Gasteiger partial charge in [-0.15, -0.1) is 0 Å². The summed E-state index contributed by atoms with van der Waals surface area (Å²) >= 11 is 0. The van der Waals surface area contributed by atoms with Gasteiger partial charge in [-0.2, -0.15) is 0 Å². The second-order valence-electron chi connectivity index (χ2n) is 2.52. The first kappa shape index (κ1) is 12.2. The van der Waals surface area contributed by atoms with E-state index in [0.29, 0.717) is 19.6 Å². The number of hydrogen-bond acceptors (Lipinski definition) is 4. The van der Waals surface area contributed by atoms with Crippen LogP contribution in [0.15, 0.2) is 0 Å². The molecule has 0 saturated heterocycles. The molecule has 0 bridgehead atoms. The zero-order chi connectivity index (χ0) is 9.94. The maximum Gasteiger partial charge on any atom is 0.404 e. The fraction of sp³-hybridized carbons (Fsp3) is 0.857. The van der Waals surface area contributed by atoms with Crippen molar-refractivity contribution in [1.29, 1.82) is 0 Å². The van der Waals surface area contributed by atoms with Gasteiger partial charge < -0.3 is 26.8 Å². The van der Waals surface area contributed by atoms with E-state index >= 15 is 0 Å². The fourth-order valence-electron chi connectivity index (χ4n) is 0.787. The van der Waals surface area contributed by atoms with Crippen LogP contribution in [0.3, 0.4) is 0 Å². The summed E-state index contributed by atoms with van der Waals surface area (Å²) in [6.45, 7) is 4.21. The highest BCUT2D eigenvalue weighted by Crippen LogP contribution is 1.62. The highest BCUT2D eigenvalue weighted by atomic mass is 16.4. The second-order valence-corrected chi connectivity index (χ2v) is 2.52. The summed E-state index contributed by atoms with van der Waals surface area (Å²) in [5.41, 5.74) is 5.27. The standard InChI is InChI=1S/C7H18N4O2/c8-1-2-9-3-4-10-5-6-11-7(12)13/h9-11H,1-6,8H2,(H,12,13). The Hall–Kier alpha value is -0.850. The van der Waals surface area contributed by atoms with Crippen LogP contribution in [0.2, 0.25) is 0 Å². The van der Waals surface area contributed by atoms with Crippen LogP contribution < -0.4 is 21.7 Å². The lowest BCUT2D eigenvalue weighted by Crippen LogP contribution is -2.35. The summed E-state index contributed by atoms with van der Waals surface area (Å²) < 4.78 is 0. The first-order chi connectivity index (χ1) is 6.27. The molecule has 6 N–H and O–H groups in total. The summed E-state index contributed by atoms with van der Waals surface area (Å²) in [5.74, 6) is 0. The first-order valence-electron chi connectivity index (χ1n) is 4.35. The summed E-state index contributed by atoms with van der Waals surface area (Å²) in [5, 5.41) is 16.7. The van der Waals surface area contributed by atoms with Crippen molar-refractivity contribution < 1.29 is 9.90 Å². The first-order valence-corrected chi connectivity index (χ1v) is 4.35. The van der Waals surface area contributed by atoms with E-state index in [-0.39, 0.29) is 0 Å². The minimum Gasteiger partial charge on any atom is -0.465 e. The maximum atomic E-state index is 10.0. The van der Waals surface area contributed by atoms with Crippen LogP contribution in [0.4, 0.5) is 4.79 Å². The number of nitrogens with two attached hydrogens (primary N) is 1. The van der Waals surface area contributed by atoms with Gasteiger partial charge in [-0.25, -0.2) is 4.79 Å². The molecule has 0 spiro atoms. The highest BCUT2D eigenvalue weighted by molar-refractivity contribution is 5.64. The average Bonchev–Trinajstić information content (AvgIpc) is 2.09. The van der Waals surface area contributed by atoms with Crippen LogP contribution >= 0.6 is 0 Å². The number of hydrogen-bond donors (Lipinski definition) is 5. The Morgan fingerprint density at radius 3 is 2.15 bits per heavy atom. The van der Waals surface area contributed by atoms with Gasteiger partial charge >= 0.3 is 6.09 Å². The molecule has 0 saturated carbocycles. The molecule has 0 aliphatic carbocycles. The van der Waals surface area contributed by atoms with E-state index in [1.54, 1.807) is 0 Å². The highest BCUT2D eigenvalue weighted by Gasteiger charge is 1.91. The molecule has 13 heavy (non-hydrogen) atoms. The molecule has 0 aromatic carbocycles. The molecule has 6 nitrogen and oxygen atoms in total. The smallest absolute Gasteiger partial charge is 0.404 e. The number of nitrogens with one attached hydrogen (secondary N) is 3. The van der Waals surface area contributed by atoms with Crippen LogP contribution in [0, 0.1) is 0 Å². The van der Waals surface area contributed by atoms with E-state index in [2.05, 4.69) is 16.0 Å². The minimum atomic E-state index is -0.983. The zero-order valence-corrected chi connectivity index (χ0v) is 7.68. The van der Waals surface area contributed by atoms with Gasteiger partial charge in [0.05, 0.1) is 0 Å². The molecule has 78 valence electrons. The van der Waals surface area contributed by atoms with Gasteiger partial charge in [0.2, 0.25) is 0 Å². The average molecular weight is 190 g/mol. The van der Waals surface area contributed by atoms with Crippen molar-refractivity contribution in [2.75, 3.05) is 39.3 Å². The van der Waals surface area contributed by atoms with Crippen molar-refractivity contribution in [3.63, 3.8) is 0 Å². The molecule has 1 amide bonds. The van der Waals surface area contributed by atoms with Crippen LogP contribution in [-0.2, 0) is 0 Å². The normalized spacial score (nSPS) is 9.92. The Kier molecular flexibility index (Phi) is 8.64. The molecule has 0 unspecified atom stereocenters. The third-order valence-electron chi connectivity index (χ3n) is 1.38. The van der Waals surface area contributed by atoms with Crippen molar-refractivity contribution in [1.82, 2.24) is 16.0 Å². The number of carbonyl (C=O) groups is 1. The van der Waals surface area contributed by atoms with Crippen LogP contribution in [0.25, 0.3) is 0 Å². The van der Waals surface area contributed by atoms with Crippen molar-refractivity contribution in [2.45, 2.75) is 0 Å². The third-order valence-corrected chi connectivity index (χ3v) is 1.38. The van der Waals surface area contributed by atoms with Gasteiger partial charge in [0, 0.05) is 39.3 Å². The number of carboxylic acid groups (broad SMARTS) is 1.